The first kappa shape index (κ1) is 7.73. The molecule has 2 nitrogen and oxygen atoms in total. The van der Waals surface area contributed by atoms with Gasteiger partial charge in [0.2, 0.25) is 0 Å². The first-order valence-electron chi connectivity index (χ1n) is 3.92. The summed E-state index contributed by atoms with van der Waals surface area (Å²) in [6.45, 7) is 6.76. The molecule has 10 heavy (non-hydrogen) atoms. The Labute approximate surface area is 62.9 Å². The van der Waals surface area contributed by atoms with E-state index in [2.05, 4.69) is 23.7 Å². The molecule has 0 atom stereocenters. The lowest BCUT2D eigenvalue weighted by Gasteiger charge is -2.18. The summed E-state index contributed by atoms with van der Waals surface area (Å²) in [6.07, 6.45) is 1.18. The van der Waals surface area contributed by atoms with E-state index in [1.807, 2.05) is 7.05 Å². The van der Waals surface area contributed by atoms with Crippen LogP contribution >= 0.6 is 0 Å². The number of aliphatic imine (C=N–C) groups is 1. The third kappa shape index (κ3) is 1.57. The van der Waals surface area contributed by atoms with E-state index in [0.717, 1.165) is 6.54 Å². The Kier molecular flexibility index (Phi) is 2.44. The number of nitrogens with zero attached hydrogens (tertiary/aromatic N) is 2. The van der Waals surface area contributed by atoms with Crippen LogP contribution in [0.25, 0.3) is 0 Å². The van der Waals surface area contributed by atoms with Crippen LogP contribution in [0.15, 0.2) is 4.99 Å². The fourth-order valence-corrected chi connectivity index (χ4v) is 1.29. The average molecular weight is 140 g/mol. The van der Waals surface area contributed by atoms with Crippen molar-refractivity contribution >= 4 is 5.71 Å². The second-order valence-electron chi connectivity index (χ2n) is 3.10. The Hall–Kier alpha value is -0.370. The minimum atomic E-state index is 0.680. The molecule has 1 heterocycles. The van der Waals surface area contributed by atoms with Gasteiger partial charge in [0.05, 0.1) is 0 Å². The van der Waals surface area contributed by atoms with Gasteiger partial charge in [-0.3, -0.25) is 9.89 Å². The molecule has 0 amide bonds. The van der Waals surface area contributed by atoms with E-state index in [4.69, 9.17) is 0 Å². The van der Waals surface area contributed by atoms with Crippen LogP contribution in [0.3, 0.4) is 0 Å². The maximum Gasteiger partial charge on any atom is 0.0366 e. The molecule has 0 bridgehead atoms. The van der Waals surface area contributed by atoms with Crippen LogP contribution in [0.5, 0.6) is 0 Å². The largest absolute Gasteiger partial charge is 0.296 e. The molecule has 0 aromatic carbocycles. The zero-order chi connectivity index (χ0) is 7.56. The van der Waals surface area contributed by atoms with Crippen molar-refractivity contribution in [1.29, 1.82) is 0 Å². The molecule has 1 fully saturated rings. The number of rotatable bonds is 1. The van der Waals surface area contributed by atoms with E-state index in [1.165, 1.54) is 18.7 Å². The highest BCUT2D eigenvalue weighted by molar-refractivity contribution is 5.88. The molecular weight excluding hydrogens is 124 g/mol. The molecule has 0 radical (unpaired) electrons. The van der Waals surface area contributed by atoms with Gasteiger partial charge < -0.3 is 0 Å². The second kappa shape index (κ2) is 3.15. The lowest BCUT2D eigenvalue weighted by molar-refractivity contribution is 0.284. The number of hydrogen-bond acceptors (Lipinski definition) is 2. The molecule has 0 saturated carbocycles. The van der Waals surface area contributed by atoms with Gasteiger partial charge in [0, 0.05) is 31.9 Å². The monoisotopic (exact) mass is 140 g/mol. The lowest BCUT2D eigenvalue weighted by Crippen LogP contribution is -2.28. The molecule has 58 valence electrons. The Morgan fingerprint density at radius 3 is 2.50 bits per heavy atom. The molecule has 0 unspecified atom stereocenters. The quantitative estimate of drug-likeness (QED) is 0.534. The second-order valence-corrected chi connectivity index (χ2v) is 3.10. The molecule has 1 aliphatic rings. The maximum absolute atomic E-state index is 4.20. The van der Waals surface area contributed by atoms with Gasteiger partial charge in [0.15, 0.2) is 0 Å². The molecule has 1 aliphatic heterocycles. The highest BCUT2D eigenvalue weighted by Gasteiger charge is 2.18. The van der Waals surface area contributed by atoms with Crippen molar-refractivity contribution in [2.45, 2.75) is 26.3 Å². The Morgan fingerprint density at radius 2 is 2.20 bits per heavy atom. The van der Waals surface area contributed by atoms with Crippen LogP contribution in [-0.4, -0.2) is 36.8 Å². The summed E-state index contributed by atoms with van der Waals surface area (Å²) in [7, 11) is 1.89. The molecule has 0 aliphatic carbocycles. The van der Waals surface area contributed by atoms with Crippen molar-refractivity contribution in [2.75, 3.05) is 20.1 Å². The molecule has 2 heteroatoms. The molecule has 1 rings (SSSR count). The predicted octanol–water partition coefficient (Wildman–Crippen LogP) is 1.17. The molecule has 0 N–H and O–H groups in total. The van der Waals surface area contributed by atoms with E-state index in [9.17, 15) is 0 Å². The van der Waals surface area contributed by atoms with Gasteiger partial charge in [-0.2, -0.15) is 0 Å². The number of hydrogen-bond donors (Lipinski definition) is 0. The van der Waals surface area contributed by atoms with Gasteiger partial charge in [0.1, 0.15) is 0 Å². The first-order chi connectivity index (χ1) is 4.74. The van der Waals surface area contributed by atoms with Crippen molar-refractivity contribution in [2.24, 2.45) is 4.99 Å². The SMILES string of the molecule is CN=C1CCN(C(C)C)C1. The smallest absolute Gasteiger partial charge is 0.0366 e. The average Bonchev–Trinajstić information content (AvgIpc) is 2.34. The summed E-state index contributed by atoms with van der Waals surface area (Å²) < 4.78 is 0. The Bertz CT molecular complexity index is 138. The highest BCUT2D eigenvalue weighted by Crippen LogP contribution is 2.08. The Morgan fingerprint density at radius 1 is 1.50 bits per heavy atom. The van der Waals surface area contributed by atoms with Crippen LogP contribution in [0, 0.1) is 0 Å². The van der Waals surface area contributed by atoms with Crippen LogP contribution in [0.2, 0.25) is 0 Å². The van der Waals surface area contributed by atoms with Gasteiger partial charge in [-0.05, 0) is 20.3 Å². The standard InChI is InChI=1S/C8H16N2/c1-7(2)10-5-4-8(6-10)9-3/h7H,4-6H2,1-3H3. The van der Waals surface area contributed by atoms with E-state index >= 15 is 0 Å². The zero-order valence-corrected chi connectivity index (χ0v) is 7.09. The molecule has 0 spiro atoms. The summed E-state index contributed by atoms with van der Waals surface area (Å²) in [5.74, 6) is 0. The maximum atomic E-state index is 4.20. The number of likely N-dealkylation sites (tertiary alicyclic amines) is 1. The van der Waals surface area contributed by atoms with Crippen LogP contribution < -0.4 is 0 Å². The topological polar surface area (TPSA) is 15.6 Å². The molecule has 0 aromatic rings. The van der Waals surface area contributed by atoms with Crippen molar-refractivity contribution in [3.8, 4) is 0 Å². The third-order valence-electron chi connectivity index (χ3n) is 2.12. The van der Waals surface area contributed by atoms with Crippen molar-refractivity contribution < 1.29 is 0 Å². The first-order valence-corrected chi connectivity index (χ1v) is 3.92. The summed E-state index contributed by atoms with van der Waals surface area (Å²) in [6, 6.07) is 0.680. The fourth-order valence-electron chi connectivity index (χ4n) is 1.29. The van der Waals surface area contributed by atoms with Crippen LogP contribution in [-0.2, 0) is 0 Å². The van der Waals surface area contributed by atoms with Crippen LogP contribution in [0.1, 0.15) is 20.3 Å². The van der Waals surface area contributed by atoms with Crippen molar-refractivity contribution in [3.63, 3.8) is 0 Å². The van der Waals surface area contributed by atoms with Gasteiger partial charge in [0.25, 0.3) is 0 Å². The molecule has 0 aromatic heterocycles. The van der Waals surface area contributed by atoms with E-state index in [-0.39, 0.29) is 0 Å². The minimum absolute atomic E-state index is 0.680. The summed E-state index contributed by atoms with van der Waals surface area (Å²) >= 11 is 0. The normalized spacial score (nSPS) is 25.0. The molecule has 1 saturated heterocycles. The summed E-state index contributed by atoms with van der Waals surface area (Å²) in [5, 5.41) is 0. The molecular formula is C8H16N2. The van der Waals surface area contributed by atoms with E-state index in [0.29, 0.717) is 6.04 Å². The van der Waals surface area contributed by atoms with Crippen molar-refractivity contribution in [1.82, 2.24) is 4.90 Å². The van der Waals surface area contributed by atoms with Crippen LogP contribution in [0.4, 0.5) is 0 Å². The van der Waals surface area contributed by atoms with Gasteiger partial charge in [-0.1, -0.05) is 0 Å². The van der Waals surface area contributed by atoms with Gasteiger partial charge >= 0.3 is 0 Å². The lowest BCUT2D eigenvalue weighted by atomic mass is 10.3. The highest BCUT2D eigenvalue weighted by atomic mass is 15.2. The van der Waals surface area contributed by atoms with Gasteiger partial charge in [-0.15, -0.1) is 0 Å². The fraction of sp³-hybridized carbons (Fsp3) is 0.875. The van der Waals surface area contributed by atoms with E-state index < -0.39 is 0 Å². The Balaban J connectivity index is 2.43. The minimum Gasteiger partial charge on any atom is -0.296 e. The predicted molar refractivity (Wildman–Crippen MR) is 44.7 cm³/mol. The third-order valence-corrected chi connectivity index (χ3v) is 2.12. The van der Waals surface area contributed by atoms with Crippen molar-refractivity contribution in [3.05, 3.63) is 0 Å². The van der Waals surface area contributed by atoms with E-state index in [1.54, 1.807) is 0 Å². The summed E-state index contributed by atoms with van der Waals surface area (Å²) in [4.78, 5) is 6.64. The van der Waals surface area contributed by atoms with Gasteiger partial charge in [-0.25, -0.2) is 0 Å². The summed E-state index contributed by atoms with van der Waals surface area (Å²) in [5.41, 5.74) is 1.36. The zero-order valence-electron chi connectivity index (χ0n) is 7.09.